The van der Waals surface area contributed by atoms with Crippen LogP contribution in [0, 0.1) is 0 Å². The van der Waals surface area contributed by atoms with Gasteiger partial charge in [-0.1, -0.05) is 6.92 Å². The summed E-state index contributed by atoms with van der Waals surface area (Å²) in [6, 6.07) is 1.78. The third-order valence-electron chi connectivity index (χ3n) is 2.28. The van der Waals surface area contributed by atoms with E-state index in [0.29, 0.717) is 5.82 Å². The highest BCUT2D eigenvalue weighted by Crippen LogP contribution is 2.17. The molecule has 1 rings (SSSR count). The maximum Gasteiger partial charge on any atom is 0.305 e. The van der Waals surface area contributed by atoms with Gasteiger partial charge in [0.2, 0.25) is 0 Å². The molecule has 0 aromatic carbocycles. The summed E-state index contributed by atoms with van der Waals surface area (Å²) in [7, 11) is 0. The van der Waals surface area contributed by atoms with E-state index in [1.807, 2.05) is 13.8 Å². The van der Waals surface area contributed by atoms with Crippen LogP contribution < -0.4 is 10.6 Å². The van der Waals surface area contributed by atoms with Gasteiger partial charge in [-0.25, -0.2) is 9.97 Å². The summed E-state index contributed by atoms with van der Waals surface area (Å²) in [6.07, 6.45) is 2.49. The first-order chi connectivity index (χ1) is 8.43. The number of aromatic nitrogens is 2. The van der Waals surface area contributed by atoms with Gasteiger partial charge in [0.25, 0.3) is 0 Å². The van der Waals surface area contributed by atoms with Gasteiger partial charge in [0.15, 0.2) is 0 Å². The predicted octanol–water partition coefficient (Wildman–Crippen LogP) is 1.96. The number of nitrogens with one attached hydrogen (secondary N) is 2. The van der Waals surface area contributed by atoms with Crippen molar-refractivity contribution in [1.82, 2.24) is 9.97 Å². The number of carboxylic acids is 1. The molecule has 0 spiro atoms. The van der Waals surface area contributed by atoms with Crippen LogP contribution in [0.1, 0.15) is 33.6 Å². The molecule has 0 bridgehead atoms. The molecule has 0 atom stereocenters. The molecule has 0 amide bonds. The Morgan fingerprint density at radius 1 is 1.39 bits per heavy atom. The van der Waals surface area contributed by atoms with Crippen molar-refractivity contribution < 1.29 is 9.90 Å². The molecule has 1 aromatic rings. The molecule has 0 aliphatic rings. The van der Waals surface area contributed by atoms with E-state index in [1.165, 1.54) is 6.33 Å². The number of carboxylic acid groups (broad SMARTS) is 1. The third-order valence-corrected chi connectivity index (χ3v) is 2.28. The third kappa shape index (κ3) is 4.99. The Kier molecular flexibility index (Phi) is 4.88. The molecule has 3 N–H and O–H groups in total. The highest BCUT2D eigenvalue weighted by molar-refractivity contribution is 5.69. The molecule has 0 unspecified atom stereocenters. The van der Waals surface area contributed by atoms with Gasteiger partial charge in [0.1, 0.15) is 18.0 Å². The summed E-state index contributed by atoms with van der Waals surface area (Å²) in [5.41, 5.74) is -0.553. The fraction of sp³-hybridized carbons (Fsp3) is 0.583. The van der Waals surface area contributed by atoms with Crippen molar-refractivity contribution in [1.29, 1.82) is 0 Å². The van der Waals surface area contributed by atoms with Gasteiger partial charge in [-0.3, -0.25) is 4.79 Å². The average molecular weight is 252 g/mol. The topological polar surface area (TPSA) is 87.1 Å². The van der Waals surface area contributed by atoms with Crippen LogP contribution in [-0.4, -0.2) is 33.1 Å². The standard InChI is InChI=1S/C12H20N4O2/c1-4-5-13-9-6-10(15-8-14-9)16-12(2,3)7-11(17)18/h6,8H,4-5,7H2,1-3H3,(H,17,18)(H2,13,14,15,16). The number of hydrogen-bond acceptors (Lipinski definition) is 5. The minimum atomic E-state index is -0.842. The first-order valence-electron chi connectivity index (χ1n) is 5.99. The predicted molar refractivity (Wildman–Crippen MR) is 70.8 cm³/mol. The Bertz CT molecular complexity index is 407. The van der Waals surface area contributed by atoms with E-state index in [2.05, 4.69) is 27.5 Å². The molecule has 0 aliphatic heterocycles. The lowest BCUT2D eigenvalue weighted by Crippen LogP contribution is -2.34. The van der Waals surface area contributed by atoms with Gasteiger partial charge < -0.3 is 15.7 Å². The molecule has 6 nitrogen and oxygen atoms in total. The van der Waals surface area contributed by atoms with E-state index in [1.54, 1.807) is 6.07 Å². The maximum atomic E-state index is 10.7. The molecule has 18 heavy (non-hydrogen) atoms. The first-order valence-corrected chi connectivity index (χ1v) is 5.99. The summed E-state index contributed by atoms with van der Waals surface area (Å²) in [6.45, 7) is 6.56. The molecule has 6 heteroatoms. The molecule has 0 saturated heterocycles. The lowest BCUT2D eigenvalue weighted by Gasteiger charge is -2.24. The van der Waals surface area contributed by atoms with E-state index in [0.717, 1.165) is 18.8 Å². The van der Waals surface area contributed by atoms with Crippen LogP contribution in [0.3, 0.4) is 0 Å². The average Bonchev–Trinajstić information content (AvgIpc) is 2.24. The number of aliphatic carboxylic acids is 1. The minimum Gasteiger partial charge on any atom is -0.481 e. The lowest BCUT2D eigenvalue weighted by molar-refractivity contribution is -0.137. The normalized spacial score (nSPS) is 11.1. The van der Waals surface area contributed by atoms with E-state index in [9.17, 15) is 4.79 Å². The number of hydrogen-bond donors (Lipinski definition) is 3. The quantitative estimate of drug-likeness (QED) is 0.687. The van der Waals surface area contributed by atoms with Crippen molar-refractivity contribution in [3.63, 3.8) is 0 Å². The van der Waals surface area contributed by atoms with Crippen molar-refractivity contribution >= 4 is 17.6 Å². The van der Waals surface area contributed by atoms with Gasteiger partial charge in [0.05, 0.1) is 6.42 Å². The zero-order valence-electron chi connectivity index (χ0n) is 11.0. The van der Waals surface area contributed by atoms with E-state index in [4.69, 9.17) is 5.11 Å². The fourth-order valence-electron chi connectivity index (χ4n) is 1.54. The highest BCUT2D eigenvalue weighted by Gasteiger charge is 2.21. The van der Waals surface area contributed by atoms with Crippen molar-refractivity contribution in [3.05, 3.63) is 12.4 Å². The largest absolute Gasteiger partial charge is 0.481 e. The molecule has 0 radical (unpaired) electrons. The molecular formula is C12H20N4O2. The van der Waals surface area contributed by atoms with Crippen molar-refractivity contribution in [2.75, 3.05) is 17.2 Å². The van der Waals surface area contributed by atoms with Crippen LogP contribution in [0.4, 0.5) is 11.6 Å². The molecule has 0 aliphatic carbocycles. The summed E-state index contributed by atoms with van der Waals surface area (Å²) in [5.74, 6) is 0.515. The van der Waals surface area contributed by atoms with E-state index >= 15 is 0 Å². The minimum absolute atomic E-state index is 0.0225. The number of carbonyl (C=O) groups is 1. The zero-order chi connectivity index (χ0) is 13.6. The van der Waals surface area contributed by atoms with Gasteiger partial charge in [-0.05, 0) is 20.3 Å². The first kappa shape index (κ1) is 14.2. The van der Waals surface area contributed by atoms with Crippen molar-refractivity contribution in [3.8, 4) is 0 Å². The Labute approximate surface area is 107 Å². The number of rotatable bonds is 7. The van der Waals surface area contributed by atoms with Crippen LogP contribution in [0.25, 0.3) is 0 Å². The zero-order valence-corrected chi connectivity index (χ0v) is 11.0. The van der Waals surface area contributed by atoms with Gasteiger partial charge >= 0.3 is 5.97 Å². The second kappa shape index (κ2) is 6.18. The monoisotopic (exact) mass is 252 g/mol. The van der Waals surface area contributed by atoms with Crippen LogP contribution in [0.2, 0.25) is 0 Å². The van der Waals surface area contributed by atoms with Gasteiger partial charge in [-0.15, -0.1) is 0 Å². The molecule has 100 valence electrons. The second-order valence-corrected chi connectivity index (χ2v) is 4.79. The smallest absolute Gasteiger partial charge is 0.305 e. The van der Waals surface area contributed by atoms with Crippen LogP contribution in [0.15, 0.2) is 12.4 Å². The lowest BCUT2D eigenvalue weighted by atomic mass is 10.0. The van der Waals surface area contributed by atoms with Crippen LogP contribution >= 0.6 is 0 Å². The molecule has 0 fully saturated rings. The van der Waals surface area contributed by atoms with Crippen molar-refractivity contribution in [2.45, 2.75) is 39.2 Å². The van der Waals surface area contributed by atoms with Crippen molar-refractivity contribution in [2.24, 2.45) is 0 Å². The summed E-state index contributed by atoms with van der Waals surface area (Å²) in [4.78, 5) is 18.9. The Balaban J connectivity index is 2.69. The Hall–Kier alpha value is -1.85. The summed E-state index contributed by atoms with van der Waals surface area (Å²) >= 11 is 0. The molecule has 1 heterocycles. The number of nitrogens with zero attached hydrogens (tertiary/aromatic N) is 2. The number of anilines is 2. The molecular weight excluding hydrogens is 232 g/mol. The Morgan fingerprint density at radius 3 is 2.67 bits per heavy atom. The van der Waals surface area contributed by atoms with Gasteiger partial charge in [0, 0.05) is 18.2 Å². The SMILES string of the molecule is CCCNc1cc(NC(C)(C)CC(=O)O)ncn1. The summed E-state index contributed by atoms with van der Waals surface area (Å²) in [5, 5.41) is 15.1. The molecule has 1 aromatic heterocycles. The highest BCUT2D eigenvalue weighted by atomic mass is 16.4. The van der Waals surface area contributed by atoms with Crippen LogP contribution in [0.5, 0.6) is 0 Å². The van der Waals surface area contributed by atoms with Crippen LogP contribution in [-0.2, 0) is 4.79 Å². The maximum absolute atomic E-state index is 10.7. The molecule has 0 saturated carbocycles. The van der Waals surface area contributed by atoms with Gasteiger partial charge in [-0.2, -0.15) is 0 Å². The van der Waals surface area contributed by atoms with E-state index < -0.39 is 11.5 Å². The van der Waals surface area contributed by atoms with E-state index in [-0.39, 0.29) is 6.42 Å². The Morgan fingerprint density at radius 2 is 2.06 bits per heavy atom. The fourth-order valence-corrected chi connectivity index (χ4v) is 1.54. The summed E-state index contributed by atoms with van der Waals surface area (Å²) < 4.78 is 0. The second-order valence-electron chi connectivity index (χ2n) is 4.79.